The molecule has 3 heteroatoms. The van der Waals surface area contributed by atoms with Gasteiger partial charge in [-0.1, -0.05) is 65.1 Å². The number of halogens is 3. The molecule has 0 aliphatic carbocycles. The maximum atomic E-state index is 7.90. The van der Waals surface area contributed by atoms with Crippen LogP contribution in [0.3, 0.4) is 0 Å². The first-order chi connectivity index (χ1) is 7.61. The van der Waals surface area contributed by atoms with Crippen LogP contribution < -0.4 is 0 Å². The van der Waals surface area contributed by atoms with E-state index < -0.39 is 0 Å². The molecule has 0 aliphatic heterocycles. The summed E-state index contributed by atoms with van der Waals surface area (Å²) >= 11 is 17.7. The van der Waals surface area contributed by atoms with Crippen molar-refractivity contribution >= 4 is 34.8 Å². The monoisotopic (exact) mass is 257 g/mol. The molecule has 0 bridgehead atoms. The van der Waals surface area contributed by atoms with E-state index in [-0.39, 0.29) is 16.1 Å². The third-order valence-electron chi connectivity index (χ3n) is 2.00. The predicted molar refractivity (Wildman–Crippen MR) is 66.9 cm³/mol. The van der Waals surface area contributed by atoms with Gasteiger partial charge in [-0.2, -0.15) is 0 Å². The van der Waals surface area contributed by atoms with E-state index in [4.69, 9.17) is 36.2 Å². The first-order valence-corrected chi connectivity index (χ1v) is 5.44. The average Bonchev–Trinajstić information content (AvgIpc) is 2.32. The molecule has 0 heterocycles. The van der Waals surface area contributed by atoms with Crippen LogP contribution in [0.1, 0.15) is 1.37 Å². The Morgan fingerprint density at radius 3 is 2.20 bits per heavy atom. The number of rotatable bonds is 1. The standard InChI is InChI=1S/C12H7Cl3/c13-10-6-9(7-11(14)12(10)15)8-4-2-1-3-5-8/h1-7H/i6D. The van der Waals surface area contributed by atoms with E-state index in [0.717, 1.165) is 5.56 Å². The fraction of sp³-hybridized carbons (Fsp3) is 0. The van der Waals surface area contributed by atoms with Crippen LogP contribution in [0.25, 0.3) is 11.1 Å². The quantitative estimate of drug-likeness (QED) is 0.608. The zero-order valence-corrected chi connectivity index (χ0v) is 9.87. The normalized spacial score (nSPS) is 11.3. The van der Waals surface area contributed by atoms with E-state index in [9.17, 15) is 0 Å². The number of hydrogen-bond donors (Lipinski definition) is 0. The smallest absolute Gasteiger partial charge is 0.0778 e. The van der Waals surface area contributed by atoms with E-state index in [1.807, 2.05) is 30.3 Å². The summed E-state index contributed by atoms with van der Waals surface area (Å²) in [5.74, 6) is 0. The Labute approximate surface area is 105 Å². The SMILES string of the molecule is [2H]c1c(-c2ccccc2)cc(Cl)c(Cl)c1Cl. The molecule has 0 amide bonds. The average molecular weight is 259 g/mol. The van der Waals surface area contributed by atoms with Crippen LogP contribution >= 0.6 is 34.8 Å². The Kier molecular flexibility index (Phi) is 2.82. The summed E-state index contributed by atoms with van der Waals surface area (Å²) in [7, 11) is 0. The van der Waals surface area contributed by atoms with Crippen LogP contribution in [-0.4, -0.2) is 0 Å². The van der Waals surface area contributed by atoms with Crippen LogP contribution in [0.2, 0.25) is 15.1 Å². The minimum atomic E-state index is 0.188. The van der Waals surface area contributed by atoms with E-state index >= 15 is 0 Å². The minimum Gasteiger partial charge on any atom is -0.0826 e. The largest absolute Gasteiger partial charge is 0.0826 e. The van der Waals surface area contributed by atoms with Gasteiger partial charge < -0.3 is 0 Å². The molecular weight excluding hydrogens is 250 g/mol. The molecule has 2 rings (SSSR count). The Balaban J connectivity index is 2.68. The highest BCUT2D eigenvalue weighted by Gasteiger charge is 2.06. The molecular formula is C12H7Cl3. The van der Waals surface area contributed by atoms with Crippen LogP contribution in [0.4, 0.5) is 0 Å². The summed E-state index contributed by atoms with van der Waals surface area (Å²) < 4.78 is 7.90. The van der Waals surface area contributed by atoms with E-state index in [1.54, 1.807) is 6.07 Å². The van der Waals surface area contributed by atoms with E-state index in [1.165, 1.54) is 0 Å². The molecule has 2 aromatic rings. The van der Waals surface area contributed by atoms with Gasteiger partial charge in [0.15, 0.2) is 0 Å². The lowest BCUT2D eigenvalue weighted by molar-refractivity contribution is 1.62. The Morgan fingerprint density at radius 2 is 1.53 bits per heavy atom. The van der Waals surface area contributed by atoms with Crippen molar-refractivity contribution in [2.75, 3.05) is 0 Å². The van der Waals surface area contributed by atoms with Gasteiger partial charge in [0.05, 0.1) is 16.4 Å². The van der Waals surface area contributed by atoms with Gasteiger partial charge in [0.25, 0.3) is 0 Å². The summed E-state index contributed by atoms with van der Waals surface area (Å²) in [5, 5.41) is 0.780. The number of benzene rings is 2. The molecule has 0 aromatic heterocycles. The van der Waals surface area contributed by atoms with Crippen molar-refractivity contribution in [1.82, 2.24) is 0 Å². The van der Waals surface area contributed by atoms with Crippen LogP contribution in [0.15, 0.2) is 42.4 Å². The molecule has 0 spiro atoms. The highest BCUT2D eigenvalue weighted by molar-refractivity contribution is 6.48. The van der Waals surface area contributed by atoms with Gasteiger partial charge in [0.1, 0.15) is 0 Å². The van der Waals surface area contributed by atoms with Gasteiger partial charge in [-0.25, -0.2) is 0 Å². The molecule has 0 aliphatic rings. The molecule has 0 radical (unpaired) electrons. The van der Waals surface area contributed by atoms with Gasteiger partial charge in [-0.15, -0.1) is 0 Å². The molecule has 0 saturated heterocycles. The van der Waals surface area contributed by atoms with Crippen LogP contribution in [-0.2, 0) is 0 Å². The molecule has 0 saturated carbocycles. The fourth-order valence-electron chi connectivity index (χ4n) is 1.28. The van der Waals surface area contributed by atoms with Crippen LogP contribution in [0.5, 0.6) is 0 Å². The summed E-state index contributed by atoms with van der Waals surface area (Å²) in [6.45, 7) is 0. The van der Waals surface area contributed by atoms with Gasteiger partial charge in [0, 0.05) is 0 Å². The van der Waals surface area contributed by atoms with Crippen molar-refractivity contribution in [3.8, 4) is 11.1 Å². The van der Waals surface area contributed by atoms with Gasteiger partial charge in [-0.3, -0.25) is 0 Å². The lowest BCUT2D eigenvalue weighted by Crippen LogP contribution is -1.79. The van der Waals surface area contributed by atoms with Crippen molar-refractivity contribution in [3.63, 3.8) is 0 Å². The molecule has 0 nitrogen and oxygen atoms in total. The molecule has 2 aromatic carbocycles. The second-order valence-corrected chi connectivity index (χ2v) is 4.19. The zero-order chi connectivity index (χ0) is 11.7. The van der Waals surface area contributed by atoms with E-state index in [2.05, 4.69) is 0 Å². The van der Waals surface area contributed by atoms with Crippen LogP contribution in [0, 0.1) is 0 Å². The van der Waals surface area contributed by atoms with Crippen molar-refractivity contribution in [3.05, 3.63) is 57.5 Å². The fourth-order valence-corrected chi connectivity index (χ4v) is 1.83. The summed E-state index contributed by atoms with van der Waals surface area (Å²) in [4.78, 5) is 0. The predicted octanol–water partition coefficient (Wildman–Crippen LogP) is 5.31. The second kappa shape index (κ2) is 4.44. The van der Waals surface area contributed by atoms with Gasteiger partial charge >= 0.3 is 0 Å². The highest BCUT2D eigenvalue weighted by Crippen LogP contribution is 2.34. The Bertz CT molecular complexity index is 524. The minimum absolute atomic E-state index is 0.188. The van der Waals surface area contributed by atoms with Gasteiger partial charge in [0.2, 0.25) is 0 Å². The lowest BCUT2D eigenvalue weighted by atomic mass is 10.1. The first-order valence-electron chi connectivity index (χ1n) is 4.80. The summed E-state index contributed by atoms with van der Waals surface area (Å²) in [6.07, 6.45) is 0. The number of hydrogen-bond acceptors (Lipinski definition) is 0. The molecule has 0 unspecified atom stereocenters. The van der Waals surface area contributed by atoms with E-state index in [0.29, 0.717) is 10.6 Å². The van der Waals surface area contributed by atoms with Crippen molar-refractivity contribution in [2.45, 2.75) is 0 Å². The topological polar surface area (TPSA) is 0 Å². The molecule has 0 atom stereocenters. The van der Waals surface area contributed by atoms with Crippen molar-refractivity contribution in [1.29, 1.82) is 0 Å². The summed E-state index contributed by atoms with van der Waals surface area (Å²) in [5.41, 5.74) is 1.58. The maximum Gasteiger partial charge on any atom is 0.0778 e. The molecule has 0 fully saturated rings. The first kappa shape index (κ1) is 9.53. The molecule has 76 valence electrons. The van der Waals surface area contributed by atoms with Crippen molar-refractivity contribution in [2.24, 2.45) is 0 Å². The highest BCUT2D eigenvalue weighted by atomic mass is 35.5. The molecule has 0 N–H and O–H groups in total. The summed E-state index contributed by atoms with van der Waals surface area (Å²) in [6, 6.07) is 11.3. The zero-order valence-electron chi connectivity index (χ0n) is 8.60. The maximum absolute atomic E-state index is 7.90. The Hall–Kier alpha value is -0.690. The third-order valence-corrected chi connectivity index (χ3v) is 3.17. The third kappa shape index (κ3) is 2.28. The van der Waals surface area contributed by atoms with Crippen molar-refractivity contribution < 1.29 is 1.37 Å². The van der Waals surface area contributed by atoms with Gasteiger partial charge in [-0.05, 0) is 23.2 Å². The lowest BCUT2D eigenvalue weighted by Gasteiger charge is -2.05. The second-order valence-electron chi connectivity index (χ2n) is 3.02. The molecule has 15 heavy (non-hydrogen) atoms. The Morgan fingerprint density at radius 1 is 0.867 bits per heavy atom.